The number of carbonyl (C=O) groups is 1. The molecule has 0 aliphatic carbocycles. The third kappa shape index (κ3) is 4.18. The second-order valence-corrected chi connectivity index (χ2v) is 4.99. The summed E-state index contributed by atoms with van der Waals surface area (Å²) in [7, 11) is 0. The summed E-state index contributed by atoms with van der Waals surface area (Å²) in [6.45, 7) is -1.82. The molecule has 124 valence electrons. The summed E-state index contributed by atoms with van der Waals surface area (Å²) >= 11 is 0. The van der Waals surface area contributed by atoms with Crippen molar-refractivity contribution in [1.82, 2.24) is 5.32 Å². The SMILES string of the molecule is [2H]C(OC(=O)NC(C#N)[C@@H]1O[C@H](CO)[C@@H](O)[C@H]1O)c1ccccc1. The van der Waals surface area contributed by atoms with Crippen LogP contribution >= 0.6 is 0 Å². The van der Waals surface area contributed by atoms with Gasteiger partial charge in [-0.2, -0.15) is 5.26 Å². The Morgan fingerprint density at radius 3 is 2.70 bits per heavy atom. The number of nitriles is 1. The highest BCUT2D eigenvalue weighted by atomic mass is 16.6. The third-order valence-electron chi connectivity index (χ3n) is 3.42. The molecule has 0 bridgehead atoms. The third-order valence-corrected chi connectivity index (χ3v) is 3.42. The summed E-state index contributed by atoms with van der Waals surface area (Å²) in [5.41, 5.74) is 0.453. The highest BCUT2D eigenvalue weighted by Gasteiger charge is 2.46. The predicted molar refractivity (Wildman–Crippen MR) is 76.9 cm³/mol. The molecular weight excluding hydrogens is 304 g/mol. The summed E-state index contributed by atoms with van der Waals surface area (Å²) in [6.07, 6.45) is -6.14. The molecule has 1 aromatic rings. The Balaban J connectivity index is 1.95. The zero-order valence-electron chi connectivity index (χ0n) is 13.1. The standard InChI is InChI=1S/C15H18N2O6/c16-6-10(14-13(20)12(19)11(7-18)23-14)17-15(21)22-8-9-4-2-1-3-5-9/h1-5,10-14,18-20H,7-8H2,(H,17,21)/t10?,11-,12-,13-,14+/m1/s1/i8D/t8?,10?,11-,12-,13-,14+. The molecule has 0 saturated carbocycles. The van der Waals surface area contributed by atoms with Crippen molar-refractivity contribution < 1.29 is 31.0 Å². The molecule has 8 nitrogen and oxygen atoms in total. The fraction of sp³-hybridized carbons (Fsp3) is 0.467. The molecule has 6 atom stereocenters. The second-order valence-electron chi connectivity index (χ2n) is 4.99. The first-order valence-corrected chi connectivity index (χ1v) is 6.94. The molecule has 1 amide bonds. The lowest BCUT2D eigenvalue weighted by atomic mass is 10.0. The number of nitrogens with one attached hydrogen (secondary N) is 1. The Morgan fingerprint density at radius 2 is 2.13 bits per heavy atom. The van der Waals surface area contributed by atoms with E-state index >= 15 is 0 Å². The number of benzene rings is 1. The van der Waals surface area contributed by atoms with Gasteiger partial charge in [-0.15, -0.1) is 0 Å². The van der Waals surface area contributed by atoms with Crippen LogP contribution in [0.3, 0.4) is 0 Å². The van der Waals surface area contributed by atoms with Crippen molar-refractivity contribution >= 4 is 6.09 Å². The van der Waals surface area contributed by atoms with Gasteiger partial charge in [0.05, 0.1) is 14.0 Å². The van der Waals surface area contributed by atoms with Gasteiger partial charge in [-0.3, -0.25) is 0 Å². The van der Waals surface area contributed by atoms with Crippen molar-refractivity contribution in [3.8, 4) is 6.07 Å². The predicted octanol–water partition coefficient (Wildman–Crippen LogP) is -0.714. The number of alkyl carbamates (subject to hydrolysis) is 1. The minimum Gasteiger partial charge on any atom is -0.445 e. The molecule has 1 saturated heterocycles. The maximum absolute atomic E-state index is 11.8. The first kappa shape index (κ1) is 15.7. The van der Waals surface area contributed by atoms with Gasteiger partial charge in [-0.05, 0) is 5.56 Å². The fourth-order valence-electron chi connectivity index (χ4n) is 2.21. The fourth-order valence-corrected chi connectivity index (χ4v) is 2.21. The Kier molecular flexibility index (Phi) is 5.39. The van der Waals surface area contributed by atoms with Crippen LogP contribution in [-0.2, 0) is 16.1 Å². The average molecular weight is 323 g/mol. The molecule has 1 aromatic carbocycles. The topological polar surface area (TPSA) is 132 Å². The number of aliphatic hydroxyl groups is 3. The van der Waals surface area contributed by atoms with Crippen molar-refractivity contribution in [3.63, 3.8) is 0 Å². The number of carbonyl (C=O) groups excluding carboxylic acids is 1. The lowest BCUT2D eigenvalue weighted by molar-refractivity contribution is -0.0275. The van der Waals surface area contributed by atoms with Crippen molar-refractivity contribution in [2.24, 2.45) is 0 Å². The van der Waals surface area contributed by atoms with E-state index in [0.717, 1.165) is 0 Å². The van der Waals surface area contributed by atoms with Crippen LogP contribution in [0.4, 0.5) is 4.79 Å². The summed E-state index contributed by atoms with van der Waals surface area (Å²) in [5.74, 6) is 0. The van der Waals surface area contributed by atoms with Crippen LogP contribution in [0.15, 0.2) is 30.3 Å². The normalized spacial score (nSPS) is 29.9. The number of hydrogen-bond acceptors (Lipinski definition) is 7. The van der Waals surface area contributed by atoms with E-state index in [1.54, 1.807) is 36.4 Å². The molecule has 1 aliphatic rings. The first-order chi connectivity index (χ1) is 11.5. The molecule has 1 heterocycles. The van der Waals surface area contributed by atoms with Gasteiger partial charge in [0.15, 0.2) is 0 Å². The minimum atomic E-state index is -1.45. The lowest BCUT2D eigenvalue weighted by Crippen LogP contribution is -2.48. The molecule has 2 unspecified atom stereocenters. The smallest absolute Gasteiger partial charge is 0.408 e. The molecule has 4 N–H and O–H groups in total. The second kappa shape index (κ2) is 7.89. The quantitative estimate of drug-likeness (QED) is 0.562. The van der Waals surface area contributed by atoms with E-state index in [2.05, 4.69) is 5.32 Å². The van der Waals surface area contributed by atoms with Gasteiger partial charge in [0, 0.05) is 0 Å². The number of aliphatic hydroxyl groups excluding tert-OH is 3. The average Bonchev–Trinajstić information content (AvgIpc) is 2.88. The van der Waals surface area contributed by atoms with Gasteiger partial charge in [0.1, 0.15) is 37.0 Å². The van der Waals surface area contributed by atoms with Crippen LogP contribution in [-0.4, -0.2) is 58.5 Å². The molecule has 0 spiro atoms. The molecule has 1 fully saturated rings. The Bertz CT molecular complexity index is 595. The maximum atomic E-state index is 11.8. The van der Waals surface area contributed by atoms with Gasteiger partial charge < -0.3 is 30.1 Å². The largest absolute Gasteiger partial charge is 0.445 e. The summed E-state index contributed by atoms with van der Waals surface area (Å²) < 4.78 is 17.8. The summed E-state index contributed by atoms with van der Waals surface area (Å²) in [5, 5.41) is 39.9. The van der Waals surface area contributed by atoms with Crippen molar-refractivity contribution in [1.29, 1.82) is 5.26 Å². The van der Waals surface area contributed by atoms with E-state index in [9.17, 15) is 15.0 Å². The van der Waals surface area contributed by atoms with Crippen molar-refractivity contribution in [2.75, 3.05) is 6.61 Å². The maximum Gasteiger partial charge on any atom is 0.408 e. The van der Waals surface area contributed by atoms with E-state index in [-0.39, 0.29) is 0 Å². The van der Waals surface area contributed by atoms with Gasteiger partial charge in [0.2, 0.25) is 0 Å². The van der Waals surface area contributed by atoms with Crippen LogP contribution < -0.4 is 5.32 Å². The van der Waals surface area contributed by atoms with Crippen LogP contribution in [0.5, 0.6) is 0 Å². The van der Waals surface area contributed by atoms with Crippen LogP contribution in [0, 0.1) is 11.3 Å². The zero-order valence-corrected chi connectivity index (χ0v) is 12.1. The molecule has 23 heavy (non-hydrogen) atoms. The first-order valence-electron chi connectivity index (χ1n) is 7.52. The molecule has 8 heteroatoms. The highest BCUT2D eigenvalue weighted by Crippen LogP contribution is 2.23. The van der Waals surface area contributed by atoms with Gasteiger partial charge in [0.25, 0.3) is 0 Å². The van der Waals surface area contributed by atoms with E-state index in [0.29, 0.717) is 5.56 Å². The van der Waals surface area contributed by atoms with Gasteiger partial charge in [-0.25, -0.2) is 4.79 Å². The highest BCUT2D eigenvalue weighted by molar-refractivity contribution is 5.68. The molecular formula is C15H18N2O6. The summed E-state index contributed by atoms with van der Waals surface area (Å²) in [6, 6.07) is 8.77. The van der Waals surface area contributed by atoms with E-state index in [4.69, 9.17) is 21.2 Å². The molecule has 2 rings (SSSR count). The molecule has 1 aliphatic heterocycles. The van der Waals surface area contributed by atoms with E-state index in [1.807, 2.05) is 0 Å². The van der Waals surface area contributed by atoms with Crippen LogP contribution in [0.2, 0.25) is 0 Å². The van der Waals surface area contributed by atoms with Crippen LogP contribution in [0.1, 0.15) is 6.93 Å². The Labute approximate surface area is 134 Å². The number of hydrogen-bond donors (Lipinski definition) is 4. The van der Waals surface area contributed by atoms with Crippen molar-refractivity contribution in [3.05, 3.63) is 35.9 Å². The number of ether oxygens (including phenoxy) is 2. The van der Waals surface area contributed by atoms with E-state index in [1.165, 1.54) is 0 Å². The number of amides is 1. The summed E-state index contributed by atoms with van der Waals surface area (Å²) in [4.78, 5) is 11.8. The van der Waals surface area contributed by atoms with Crippen molar-refractivity contribution in [2.45, 2.75) is 37.0 Å². The Hall–Kier alpha value is -2.18. The number of rotatable bonds is 5. The Morgan fingerprint density at radius 1 is 1.43 bits per heavy atom. The van der Waals surface area contributed by atoms with Gasteiger partial charge >= 0.3 is 6.09 Å². The number of nitrogens with zero attached hydrogens (tertiary/aromatic N) is 1. The molecule has 0 aromatic heterocycles. The molecule has 0 radical (unpaired) electrons. The van der Waals surface area contributed by atoms with Gasteiger partial charge in [-0.1, -0.05) is 30.3 Å². The van der Waals surface area contributed by atoms with Crippen LogP contribution in [0.25, 0.3) is 0 Å². The van der Waals surface area contributed by atoms with E-state index < -0.39 is 49.7 Å². The minimum absolute atomic E-state index is 0.453. The zero-order chi connectivity index (χ0) is 17.7. The monoisotopic (exact) mass is 323 g/mol. The lowest BCUT2D eigenvalue weighted by Gasteiger charge is -2.20.